The lowest BCUT2D eigenvalue weighted by molar-refractivity contribution is -0.140. The number of halogens is 1. The van der Waals surface area contributed by atoms with Gasteiger partial charge in [0.25, 0.3) is 0 Å². The van der Waals surface area contributed by atoms with E-state index in [0.717, 1.165) is 22.2 Å². The first-order chi connectivity index (χ1) is 14.1. The Balaban J connectivity index is 1.64. The molecule has 1 aliphatic heterocycles. The van der Waals surface area contributed by atoms with Crippen LogP contribution in [0.3, 0.4) is 0 Å². The maximum Gasteiger partial charge on any atom is 0.319 e. The molecule has 3 heterocycles. The molecule has 1 saturated heterocycles. The molecule has 2 aromatic carbocycles. The van der Waals surface area contributed by atoms with Crippen LogP contribution in [-0.4, -0.2) is 37.1 Å². The van der Waals surface area contributed by atoms with Crippen molar-refractivity contribution >= 4 is 40.2 Å². The van der Waals surface area contributed by atoms with Crippen molar-refractivity contribution in [1.29, 1.82) is 0 Å². The summed E-state index contributed by atoms with van der Waals surface area (Å²) in [5.41, 5.74) is 2.84. The molecule has 0 saturated carbocycles. The van der Waals surface area contributed by atoms with Crippen LogP contribution in [0.5, 0.6) is 0 Å². The van der Waals surface area contributed by atoms with Crippen molar-refractivity contribution in [2.24, 2.45) is 0 Å². The van der Waals surface area contributed by atoms with E-state index in [-0.39, 0.29) is 17.3 Å². The van der Waals surface area contributed by atoms with Gasteiger partial charge in [-0.15, -0.1) is 10.2 Å². The molecular formula is C21H17ClN4O2S. The molecule has 29 heavy (non-hydrogen) atoms. The minimum atomic E-state index is -0.295. The Labute approximate surface area is 176 Å². The van der Waals surface area contributed by atoms with E-state index >= 15 is 0 Å². The van der Waals surface area contributed by atoms with Gasteiger partial charge in [-0.1, -0.05) is 41.6 Å². The summed E-state index contributed by atoms with van der Waals surface area (Å²) in [6, 6.07) is 15.5. The quantitative estimate of drug-likeness (QED) is 0.473. The number of cyclic esters (lactones) is 1. The fourth-order valence-electron chi connectivity index (χ4n) is 3.54. The van der Waals surface area contributed by atoms with Crippen molar-refractivity contribution in [2.45, 2.75) is 29.9 Å². The first-order valence-electron chi connectivity index (χ1n) is 9.25. The van der Waals surface area contributed by atoms with Crippen LogP contribution in [0.4, 0.5) is 0 Å². The number of nitrogens with one attached hydrogen (secondary N) is 1. The summed E-state index contributed by atoms with van der Waals surface area (Å²) in [6.07, 6.45) is 2.50. The van der Waals surface area contributed by atoms with Crippen LogP contribution in [-0.2, 0) is 9.53 Å². The Kier molecular flexibility index (Phi) is 4.56. The normalized spacial score (nSPS) is 19.0. The third-order valence-electron chi connectivity index (χ3n) is 4.92. The number of aromatic amines is 1. The molecule has 6 nitrogen and oxygen atoms in total. The highest BCUT2D eigenvalue weighted by Crippen LogP contribution is 2.36. The van der Waals surface area contributed by atoms with E-state index in [4.69, 9.17) is 16.3 Å². The predicted octanol–water partition coefficient (Wildman–Crippen LogP) is 4.87. The lowest BCUT2D eigenvalue weighted by atomic mass is 10.1. The molecule has 1 fully saturated rings. The molecule has 2 aromatic heterocycles. The van der Waals surface area contributed by atoms with Crippen molar-refractivity contribution in [3.8, 4) is 17.1 Å². The Bertz CT molecular complexity index is 1200. The summed E-state index contributed by atoms with van der Waals surface area (Å²) in [5, 5.41) is 11.0. The molecule has 1 aliphatic rings. The number of esters is 1. The standard InChI is InChI=1S/C21H17ClN4O2S/c1-12-10-18(20(27)28-12)29-21-25-24-19(26(21)14-8-6-13(22)7-9-14)16-11-23-17-5-3-2-4-15(16)17/h2-9,11-12,18,23H,10H2,1H3/t12-,18-/m0/s1. The van der Waals surface area contributed by atoms with E-state index in [0.29, 0.717) is 22.4 Å². The number of hydrogen-bond donors (Lipinski definition) is 1. The van der Waals surface area contributed by atoms with Crippen LogP contribution in [0, 0.1) is 0 Å². The molecule has 0 unspecified atom stereocenters. The van der Waals surface area contributed by atoms with Crippen LogP contribution < -0.4 is 0 Å². The average molecular weight is 425 g/mol. The summed E-state index contributed by atoms with van der Waals surface area (Å²) in [4.78, 5) is 15.5. The summed E-state index contributed by atoms with van der Waals surface area (Å²) >= 11 is 7.47. The Morgan fingerprint density at radius 3 is 2.72 bits per heavy atom. The number of para-hydroxylation sites is 1. The molecule has 0 spiro atoms. The van der Waals surface area contributed by atoms with Gasteiger partial charge in [-0.05, 0) is 37.3 Å². The largest absolute Gasteiger partial charge is 0.462 e. The van der Waals surface area contributed by atoms with E-state index in [1.807, 2.05) is 66.2 Å². The van der Waals surface area contributed by atoms with Crippen molar-refractivity contribution < 1.29 is 9.53 Å². The zero-order valence-electron chi connectivity index (χ0n) is 15.5. The van der Waals surface area contributed by atoms with Gasteiger partial charge >= 0.3 is 5.97 Å². The molecule has 146 valence electrons. The second-order valence-corrected chi connectivity index (χ2v) is 8.56. The number of aromatic nitrogens is 4. The number of carbonyl (C=O) groups excluding carboxylic acids is 1. The smallest absolute Gasteiger partial charge is 0.319 e. The molecule has 0 radical (unpaired) electrons. The van der Waals surface area contributed by atoms with E-state index in [2.05, 4.69) is 15.2 Å². The van der Waals surface area contributed by atoms with Crippen LogP contribution in [0.15, 0.2) is 59.9 Å². The topological polar surface area (TPSA) is 72.8 Å². The number of ether oxygens (including phenoxy) is 1. The number of nitrogens with zero attached hydrogens (tertiary/aromatic N) is 3. The lowest BCUT2D eigenvalue weighted by Gasteiger charge is -2.11. The van der Waals surface area contributed by atoms with E-state index < -0.39 is 0 Å². The van der Waals surface area contributed by atoms with E-state index in [1.54, 1.807) is 0 Å². The highest BCUT2D eigenvalue weighted by atomic mass is 35.5. The first kappa shape index (κ1) is 18.3. The molecule has 0 bridgehead atoms. The molecule has 1 N–H and O–H groups in total. The maximum atomic E-state index is 12.2. The van der Waals surface area contributed by atoms with Gasteiger partial charge in [0.15, 0.2) is 11.0 Å². The Hall–Kier alpha value is -2.77. The SMILES string of the molecule is C[C@H]1C[C@H](Sc2nnc(-c3c[nH]c4ccccc34)n2-c2ccc(Cl)cc2)C(=O)O1. The lowest BCUT2D eigenvalue weighted by Crippen LogP contribution is -2.11. The predicted molar refractivity (Wildman–Crippen MR) is 113 cm³/mol. The van der Waals surface area contributed by atoms with Crippen LogP contribution >= 0.6 is 23.4 Å². The van der Waals surface area contributed by atoms with Crippen LogP contribution in [0.2, 0.25) is 5.02 Å². The number of H-pyrrole nitrogens is 1. The van der Waals surface area contributed by atoms with Crippen LogP contribution in [0.25, 0.3) is 28.0 Å². The Morgan fingerprint density at radius 1 is 1.17 bits per heavy atom. The van der Waals surface area contributed by atoms with E-state index in [1.165, 1.54) is 11.8 Å². The fourth-order valence-corrected chi connectivity index (χ4v) is 4.83. The number of fused-ring (bicyclic) bond motifs is 1. The van der Waals surface area contributed by atoms with Crippen molar-refractivity contribution in [3.05, 3.63) is 59.8 Å². The van der Waals surface area contributed by atoms with Gasteiger partial charge < -0.3 is 9.72 Å². The Morgan fingerprint density at radius 2 is 1.97 bits per heavy atom. The van der Waals surface area contributed by atoms with Crippen molar-refractivity contribution in [2.75, 3.05) is 0 Å². The molecule has 0 aliphatic carbocycles. The second-order valence-electron chi connectivity index (χ2n) is 6.96. The maximum absolute atomic E-state index is 12.2. The second kappa shape index (κ2) is 7.24. The summed E-state index contributed by atoms with van der Waals surface area (Å²) < 4.78 is 7.27. The van der Waals surface area contributed by atoms with Gasteiger partial charge in [0.2, 0.25) is 0 Å². The summed E-state index contributed by atoms with van der Waals surface area (Å²) in [6.45, 7) is 1.90. The highest BCUT2D eigenvalue weighted by molar-refractivity contribution is 8.00. The van der Waals surface area contributed by atoms with Crippen molar-refractivity contribution in [1.82, 2.24) is 19.7 Å². The molecule has 2 atom stereocenters. The van der Waals surface area contributed by atoms with Gasteiger partial charge in [-0.2, -0.15) is 0 Å². The number of carbonyl (C=O) groups is 1. The number of benzene rings is 2. The van der Waals surface area contributed by atoms with E-state index in [9.17, 15) is 4.79 Å². The zero-order chi connectivity index (χ0) is 20.0. The monoisotopic (exact) mass is 424 g/mol. The summed E-state index contributed by atoms with van der Waals surface area (Å²) in [5.74, 6) is 0.494. The zero-order valence-corrected chi connectivity index (χ0v) is 17.1. The first-order valence-corrected chi connectivity index (χ1v) is 10.5. The van der Waals surface area contributed by atoms with Crippen LogP contribution in [0.1, 0.15) is 13.3 Å². The molecular weight excluding hydrogens is 408 g/mol. The van der Waals surface area contributed by atoms with Gasteiger partial charge in [-0.25, -0.2) is 0 Å². The number of hydrogen-bond acceptors (Lipinski definition) is 5. The highest BCUT2D eigenvalue weighted by Gasteiger charge is 2.34. The third-order valence-corrected chi connectivity index (χ3v) is 6.32. The van der Waals surface area contributed by atoms with Gasteiger partial charge in [-0.3, -0.25) is 9.36 Å². The van der Waals surface area contributed by atoms with Gasteiger partial charge in [0.05, 0.1) is 0 Å². The number of thioether (sulfide) groups is 1. The minimum Gasteiger partial charge on any atom is -0.462 e. The molecule has 8 heteroatoms. The van der Waals surface area contributed by atoms with Gasteiger partial charge in [0.1, 0.15) is 11.4 Å². The minimum absolute atomic E-state index is 0.0833. The van der Waals surface area contributed by atoms with Crippen molar-refractivity contribution in [3.63, 3.8) is 0 Å². The number of rotatable bonds is 4. The molecule has 4 aromatic rings. The summed E-state index contributed by atoms with van der Waals surface area (Å²) in [7, 11) is 0. The van der Waals surface area contributed by atoms with Gasteiger partial charge in [0, 0.05) is 39.8 Å². The average Bonchev–Trinajstić information content (AvgIpc) is 3.40. The third kappa shape index (κ3) is 3.30. The molecule has 5 rings (SSSR count). The molecule has 0 amide bonds. The fraction of sp³-hybridized carbons (Fsp3) is 0.190.